The first-order chi connectivity index (χ1) is 7.80. The second-order valence-electron chi connectivity index (χ2n) is 3.89. The summed E-state index contributed by atoms with van der Waals surface area (Å²) < 4.78 is 0.496. The maximum atomic E-state index is 11.1. The van der Waals surface area contributed by atoms with E-state index in [1.54, 1.807) is 0 Å². The number of hydrogen-bond acceptors (Lipinski definition) is 5. The summed E-state index contributed by atoms with van der Waals surface area (Å²) in [4.78, 5) is 11.1. The molecule has 0 unspecified atom stereocenters. The number of nitrogens with two attached hydrogens (primary N) is 1. The normalized spacial score (nSPS) is 14.3. The van der Waals surface area contributed by atoms with Gasteiger partial charge in [-0.3, -0.25) is 10.6 Å². The van der Waals surface area contributed by atoms with Gasteiger partial charge in [0.2, 0.25) is 0 Å². The van der Waals surface area contributed by atoms with Crippen molar-refractivity contribution in [3.63, 3.8) is 0 Å². The first-order valence-corrected chi connectivity index (χ1v) is 5.51. The molecule has 17 heavy (non-hydrogen) atoms. The van der Waals surface area contributed by atoms with E-state index in [9.17, 15) is 15.0 Å². The summed E-state index contributed by atoms with van der Waals surface area (Å²) in [5.74, 6) is 3.51. The summed E-state index contributed by atoms with van der Waals surface area (Å²) in [5, 5.41) is 27.7. The minimum Gasteiger partial charge on any atom is -0.504 e. The first-order valence-electron chi connectivity index (χ1n) is 4.71. The molecule has 0 aliphatic carbocycles. The molecule has 0 saturated heterocycles. The van der Waals surface area contributed by atoms with Crippen molar-refractivity contribution < 1.29 is 20.1 Å². The molecule has 0 radical (unpaired) electrons. The number of aromatic hydroxyl groups is 2. The van der Waals surface area contributed by atoms with Gasteiger partial charge in [-0.2, -0.15) is 0 Å². The van der Waals surface area contributed by atoms with E-state index in [2.05, 4.69) is 21.4 Å². The molecule has 6 N–H and O–H groups in total. The molecule has 0 amide bonds. The Labute approximate surface area is 106 Å². The predicted octanol–water partition coefficient (Wildman–Crippen LogP) is 0.709. The van der Waals surface area contributed by atoms with Gasteiger partial charge in [-0.25, -0.2) is 5.43 Å². The van der Waals surface area contributed by atoms with Crippen molar-refractivity contribution in [3.05, 3.63) is 22.2 Å². The third-order valence-corrected chi connectivity index (χ3v) is 3.22. The van der Waals surface area contributed by atoms with Crippen LogP contribution in [0.1, 0.15) is 12.5 Å². The number of hydrazine groups is 1. The van der Waals surface area contributed by atoms with Crippen LogP contribution in [0.5, 0.6) is 11.5 Å². The Hall–Kier alpha value is -1.31. The van der Waals surface area contributed by atoms with E-state index in [1.807, 2.05) is 0 Å². The zero-order chi connectivity index (χ0) is 13.2. The Morgan fingerprint density at radius 1 is 1.47 bits per heavy atom. The predicted molar refractivity (Wildman–Crippen MR) is 64.5 cm³/mol. The molecule has 1 aromatic rings. The molecule has 0 aliphatic heterocycles. The second kappa shape index (κ2) is 4.91. The molecule has 6 nitrogen and oxygen atoms in total. The van der Waals surface area contributed by atoms with Crippen LogP contribution in [0.3, 0.4) is 0 Å². The number of phenols is 2. The molecular formula is C10H13BrN2O4. The topological polar surface area (TPSA) is 116 Å². The molecule has 0 aliphatic rings. The van der Waals surface area contributed by atoms with Crippen LogP contribution in [0.15, 0.2) is 16.6 Å². The molecule has 0 spiro atoms. The number of phenolic OH excluding ortho intramolecular Hbond substituents is 2. The van der Waals surface area contributed by atoms with Crippen LogP contribution in [0.25, 0.3) is 0 Å². The zero-order valence-corrected chi connectivity index (χ0v) is 10.7. The molecular weight excluding hydrogens is 292 g/mol. The summed E-state index contributed by atoms with van der Waals surface area (Å²) in [6.07, 6.45) is 0.0489. The maximum absolute atomic E-state index is 11.1. The van der Waals surface area contributed by atoms with Gasteiger partial charge in [-0.1, -0.05) is 15.9 Å². The van der Waals surface area contributed by atoms with Crippen LogP contribution in [0.4, 0.5) is 0 Å². The van der Waals surface area contributed by atoms with Gasteiger partial charge in [0.15, 0.2) is 11.5 Å². The van der Waals surface area contributed by atoms with Crippen LogP contribution in [0.2, 0.25) is 0 Å². The smallest absolute Gasteiger partial charge is 0.325 e. The number of carbonyl (C=O) groups is 1. The van der Waals surface area contributed by atoms with E-state index in [4.69, 9.17) is 10.9 Å². The van der Waals surface area contributed by atoms with E-state index in [0.29, 0.717) is 10.0 Å². The van der Waals surface area contributed by atoms with Crippen molar-refractivity contribution in [2.75, 3.05) is 0 Å². The van der Waals surface area contributed by atoms with Gasteiger partial charge in [-0.05, 0) is 24.6 Å². The van der Waals surface area contributed by atoms with Crippen LogP contribution in [-0.4, -0.2) is 26.8 Å². The average molecular weight is 305 g/mol. The molecule has 0 saturated carbocycles. The molecule has 94 valence electrons. The number of carboxylic acids is 1. The van der Waals surface area contributed by atoms with Crippen molar-refractivity contribution in [3.8, 4) is 11.5 Å². The lowest BCUT2D eigenvalue weighted by Gasteiger charge is -2.24. The number of nitrogens with one attached hydrogen (secondary N) is 1. The Kier molecular flexibility index (Phi) is 3.97. The fraction of sp³-hybridized carbons (Fsp3) is 0.300. The van der Waals surface area contributed by atoms with Crippen LogP contribution >= 0.6 is 15.9 Å². The number of hydrogen-bond donors (Lipinski definition) is 5. The van der Waals surface area contributed by atoms with E-state index >= 15 is 0 Å². The summed E-state index contributed by atoms with van der Waals surface area (Å²) >= 11 is 3.18. The van der Waals surface area contributed by atoms with Crippen LogP contribution in [0, 0.1) is 0 Å². The van der Waals surface area contributed by atoms with Gasteiger partial charge in [0.25, 0.3) is 0 Å². The summed E-state index contributed by atoms with van der Waals surface area (Å²) in [6.45, 7) is 1.42. The molecule has 0 aromatic heterocycles. The van der Waals surface area contributed by atoms with Crippen molar-refractivity contribution in [1.29, 1.82) is 0 Å². The summed E-state index contributed by atoms with van der Waals surface area (Å²) in [6, 6.07) is 2.58. The minimum absolute atomic E-state index is 0.0489. The van der Waals surface area contributed by atoms with Gasteiger partial charge < -0.3 is 15.3 Å². The third kappa shape index (κ3) is 2.87. The molecule has 7 heteroatoms. The van der Waals surface area contributed by atoms with Crippen molar-refractivity contribution >= 4 is 21.9 Å². The first kappa shape index (κ1) is 13.8. The van der Waals surface area contributed by atoms with Gasteiger partial charge >= 0.3 is 5.97 Å². The largest absolute Gasteiger partial charge is 0.504 e. The molecule has 1 rings (SSSR count). The van der Waals surface area contributed by atoms with Crippen molar-refractivity contribution in [2.24, 2.45) is 5.84 Å². The fourth-order valence-electron chi connectivity index (χ4n) is 1.30. The molecule has 0 heterocycles. The summed E-state index contributed by atoms with van der Waals surface area (Å²) in [7, 11) is 0. The fourth-order valence-corrected chi connectivity index (χ4v) is 1.77. The Morgan fingerprint density at radius 3 is 2.47 bits per heavy atom. The number of carboxylic acid groups (broad SMARTS) is 1. The number of rotatable bonds is 4. The average Bonchev–Trinajstić information content (AvgIpc) is 2.25. The monoisotopic (exact) mass is 304 g/mol. The van der Waals surface area contributed by atoms with E-state index in [1.165, 1.54) is 19.1 Å². The maximum Gasteiger partial charge on any atom is 0.325 e. The quantitative estimate of drug-likeness (QED) is 0.318. The number of halogens is 1. The van der Waals surface area contributed by atoms with Gasteiger partial charge in [0.1, 0.15) is 5.54 Å². The molecule has 0 bridgehead atoms. The number of aliphatic carboxylic acids is 1. The third-order valence-electron chi connectivity index (χ3n) is 2.48. The highest BCUT2D eigenvalue weighted by atomic mass is 79.9. The van der Waals surface area contributed by atoms with Gasteiger partial charge in [-0.15, -0.1) is 0 Å². The number of benzene rings is 1. The lowest BCUT2D eigenvalue weighted by molar-refractivity contribution is -0.144. The molecule has 1 atom stereocenters. The molecule has 1 aromatic carbocycles. The molecule has 0 fully saturated rings. The van der Waals surface area contributed by atoms with Crippen LogP contribution in [-0.2, 0) is 11.2 Å². The van der Waals surface area contributed by atoms with E-state index in [-0.39, 0.29) is 17.9 Å². The highest BCUT2D eigenvalue weighted by Gasteiger charge is 2.32. The van der Waals surface area contributed by atoms with E-state index in [0.717, 1.165) is 0 Å². The summed E-state index contributed by atoms with van der Waals surface area (Å²) in [5.41, 5.74) is 1.38. The Morgan fingerprint density at radius 2 is 2.00 bits per heavy atom. The van der Waals surface area contributed by atoms with Gasteiger partial charge in [0, 0.05) is 10.9 Å². The standard InChI is InChI=1S/C10H13BrN2O4/c1-10(13-12,9(16)17)4-5-2-7(14)8(15)3-6(5)11/h2-3,13-15H,4,12H2,1H3,(H,16,17)/t10-/m1/s1. The van der Waals surface area contributed by atoms with Crippen LogP contribution < -0.4 is 11.3 Å². The van der Waals surface area contributed by atoms with E-state index < -0.39 is 11.5 Å². The Bertz CT molecular complexity index is 452. The van der Waals surface area contributed by atoms with Gasteiger partial charge in [0.05, 0.1) is 0 Å². The second-order valence-corrected chi connectivity index (χ2v) is 4.75. The van der Waals surface area contributed by atoms with Crippen molar-refractivity contribution in [2.45, 2.75) is 18.9 Å². The Balaban J connectivity index is 3.10. The SMILES string of the molecule is C[C@](Cc1cc(O)c(O)cc1Br)(NN)C(=O)O. The zero-order valence-electron chi connectivity index (χ0n) is 9.07. The lowest BCUT2D eigenvalue weighted by Crippen LogP contribution is -2.54. The lowest BCUT2D eigenvalue weighted by atomic mass is 9.93. The minimum atomic E-state index is -1.36. The highest BCUT2D eigenvalue weighted by Crippen LogP contribution is 2.33. The van der Waals surface area contributed by atoms with Crippen molar-refractivity contribution in [1.82, 2.24) is 5.43 Å². The highest BCUT2D eigenvalue weighted by molar-refractivity contribution is 9.10.